The van der Waals surface area contributed by atoms with Crippen LogP contribution in [0.1, 0.15) is 21.5 Å². The van der Waals surface area contributed by atoms with Crippen molar-refractivity contribution < 1.29 is 22.7 Å². The maximum Gasteiger partial charge on any atom is 0.335 e. The average Bonchev–Trinajstić information content (AvgIpc) is 2.67. The molecular formula is C21H18FNO4S. The fourth-order valence-corrected chi connectivity index (χ4v) is 4.10. The summed E-state index contributed by atoms with van der Waals surface area (Å²) in [5, 5.41) is 9.30. The van der Waals surface area contributed by atoms with Gasteiger partial charge in [0.2, 0.25) is 0 Å². The highest BCUT2D eigenvalue weighted by Gasteiger charge is 2.20. The number of benzene rings is 3. The lowest BCUT2D eigenvalue weighted by Gasteiger charge is -2.13. The molecule has 28 heavy (non-hydrogen) atoms. The Hall–Kier alpha value is -3.19. The van der Waals surface area contributed by atoms with Crippen LogP contribution in [-0.4, -0.2) is 19.5 Å². The van der Waals surface area contributed by atoms with Crippen molar-refractivity contribution in [2.45, 2.75) is 17.7 Å². The minimum atomic E-state index is -4.09. The number of carboxylic acids is 1. The van der Waals surface area contributed by atoms with Crippen molar-refractivity contribution in [1.29, 1.82) is 0 Å². The summed E-state index contributed by atoms with van der Waals surface area (Å²) in [6.07, 6.45) is 0.834. The molecule has 0 amide bonds. The Kier molecular flexibility index (Phi) is 5.75. The topological polar surface area (TPSA) is 83.5 Å². The molecule has 0 atom stereocenters. The van der Waals surface area contributed by atoms with E-state index in [9.17, 15) is 22.7 Å². The Labute approximate surface area is 162 Å². The SMILES string of the molecule is O=C(O)c1ccccc1CCc1ccccc1NS(=O)(=O)c1ccccc1F. The van der Waals surface area contributed by atoms with Crippen molar-refractivity contribution in [2.75, 3.05) is 4.72 Å². The van der Waals surface area contributed by atoms with Crippen LogP contribution in [0.2, 0.25) is 0 Å². The molecule has 7 heteroatoms. The molecule has 3 aromatic carbocycles. The van der Waals surface area contributed by atoms with Crippen LogP contribution in [0.15, 0.2) is 77.7 Å². The van der Waals surface area contributed by atoms with Gasteiger partial charge in [0.05, 0.1) is 11.3 Å². The molecule has 0 aliphatic rings. The molecule has 0 aliphatic heterocycles. The second-order valence-electron chi connectivity index (χ2n) is 6.16. The summed E-state index contributed by atoms with van der Waals surface area (Å²) < 4.78 is 41.5. The molecule has 0 aliphatic carbocycles. The Bertz CT molecular complexity index is 1110. The summed E-state index contributed by atoms with van der Waals surface area (Å²) in [5.74, 6) is -1.84. The summed E-state index contributed by atoms with van der Waals surface area (Å²) in [5.41, 5.74) is 1.88. The van der Waals surface area contributed by atoms with E-state index in [1.807, 2.05) is 0 Å². The van der Waals surface area contributed by atoms with Crippen LogP contribution in [-0.2, 0) is 22.9 Å². The second-order valence-corrected chi connectivity index (χ2v) is 7.81. The summed E-state index contributed by atoms with van der Waals surface area (Å²) in [6.45, 7) is 0. The minimum Gasteiger partial charge on any atom is -0.478 e. The van der Waals surface area contributed by atoms with E-state index in [0.29, 0.717) is 29.7 Å². The lowest BCUT2D eigenvalue weighted by Crippen LogP contribution is -2.16. The van der Waals surface area contributed by atoms with Gasteiger partial charge < -0.3 is 5.11 Å². The van der Waals surface area contributed by atoms with Crippen LogP contribution < -0.4 is 4.72 Å². The van der Waals surface area contributed by atoms with Gasteiger partial charge in [0.1, 0.15) is 10.7 Å². The van der Waals surface area contributed by atoms with E-state index in [1.165, 1.54) is 24.3 Å². The van der Waals surface area contributed by atoms with Gasteiger partial charge in [0.15, 0.2) is 0 Å². The fraction of sp³-hybridized carbons (Fsp3) is 0.0952. The number of halogens is 1. The summed E-state index contributed by atoms with van der Waals surface area (Å²) in [4.78, 5) is 10.9. The van der Waals surface area contributed by atoms with Crippen molar-refractivity contribution in [3.8, 4) is 0 Å². The van der Waals surface area contributed by atoms with Gasteiger partial charge in [0.25, 0.3) is 10.0 Å². The largest absolute Gasteiger partial charge is 0.478 e. The molecule has 144 valence electrons. The quantitative estimate of drug-likeness (QED) is 0.626. The van der Waals surface area contributed by atoms with E-state index >= 15 is 0 Å². The third kappa shape index (κ3) is 4.37. The monoisotopic (exact) mass is 399 g/mol. The number of hydrogen-bond acceptors (Lipinski definition) is 3. The van der Waals surface area contributed by atoms with E-state index in [4.69, 9.17) is 0 Å². The molecule has 0 spiro atoms. The van der Waals surface area contributed by atoms with Crippen LogP contribution >= 0.6 is 0 Å². The van der Waals surface area contributed by atoms with Crippen LogP contribution in [0.4, 0.5) is 10.1 Å². The number of hydrogen-bond donors (Lipinski definition) is 2. The highest BCUT2D eigenvalue weighted by atomic mass is 32.2. The maximum atomic E-state index is 13.9. The van der Waals surface area contributed by atoms with Crippen LogP contribution in [0.3, 0.4) is 0 Å². The number of anilines is 1. The summed E-state index contributed by atoms with van der Waals surface area (Å²) >= 11 is 0. The number of nitrogens with one attached hydrogen (secondary N) is 1. The number of para-hydroxylation sites is 1. The molecule has 0 unspecified atom stereocenters. The van der Waals surface area contributed by atoms with Gasteiger partial charge in [-0.25, -0.2) is 17.6 Å². The zero-order valence-corrected chi connectivity index (χ0v) is 15.6. The first-order chi connectivity index (χ1) is 13.4. The lowest BCUT2D eigenvalue weighted by atomic mass is 9.99. The Morgan fingerprint density at radius 2 is 1.43 bits per heavy atom. The highest BCUT2D eigenvalue weighted by Crippen LogP contribution is 2.23. The number of carbonyl (C=O) groups is 1. The molecule has 0 aromatic heterocycles. The fourth-order valence-electron chi connectivity index (χ4n) is 2.92. The van der Waals surface area contributed by atoms with Crippen molar-refractivity contribution in [3.05, 3.63) is 95.3 Å². The third-order valence-corrected chi connectivity index (χ3v) is 5.70. The normalized spacial score (nSPS) is 11.2. The first-order valence-electron chi connectivity index (χ1n) is 8.55. The predicted molar refractivity (Wildman–Crippen MR) is 104 cm³/mol. The maximum absolute atomic E-state index is 13.9. The average molecular weight is 399 g/mol. The summed E-state index contributed by atoms with van der Waals surface area (Å²) in [7, 11) is -4.09. The molecule has 0 saturated carbocycles. The number of rotatable bonds is 7. The van der Waals surface area contributed by atoms with E-state index in [1.54, 1.807) is 42.5 Å². The van der Waals surface area contributed by atoms with Gasteiger partial charge in [-0.3, -0.25) is 4.72 Å². The first-order valence-corrected chi connectivity index (χ1v) is 10.0. The Balaban J connectivity index is 1.85. The van der Waals surface area contributed by atoms with E-state index in [2.05, 4.69) is 4.72 Å². The van der Waals surface area contributed by atoms with E-state index in [-0.39, 0.29) is 5.56 Å². The molecule has 0 radical (unpaired) electrons. The van der Waals surface area contributed by atoms with Crippen molar-refractivity contribution in [2.24, 2.45) is 0 Å². The smallest absolute Gasteiger partial charge is 0.335 e. The standard InChI is InChI=1S/C21H18FNO4S/c22-18-10-4-6-12-20(18)28(26,27)23-19-11-5-2-8-16(19)14-13-15-7-1-3-9-17(15)21(24)25/h1-12,23H,13-14H2,(H,24,25). The molecule has 0 fully saturated rings. The molecule has 0 saturated heterocycles. The van der Waals surface area contributed by atoms with Crippen LogP contribution in [0.25, 0.3) is 0 Å². The molecule has 0 heterocycles. The zero-order valence-electron chi connectivity index (χ0n) is 14.8. The number of carboxylic acid groups (broad SMARTS) is 1. The van der Waals surface area contributed by atoms with Gasteiger partial charge in [-0.2, -0.15) is 0 Å². The van der Waals surface area contributed by atoms with E-state index < -0.39 is 26.7 Å². The first kappa shape index (κ1) is 19.6. The molecule has 3 rings (SSSR count). The lowest BCUT2D eigenvalue weighted by molar-refractivity contribution is 0.0695. The van der Waals surface area contributed by atoms with E-state index in [0.717, 1.165) is 6.07 Å². The molecule has 0 bridgehead atoms. The van der Waals surface area contributed by atoms with Gasteiger partial charge in [0, 0.05) is 0 Å². The Morgan fingerprint density at radius 3 is 2.14 bits per heavy atom. The van der Waals surface area contributed by atoms with Crippen LogP contribution in [0, 0.1) is 5.82 Å². The Morgan fingerprint density at radius 1 is 0.857 bits per heavy atom. The van der Waals surface area contributed by atoms with Gasteiger partial charge in [-0.1, -0.05) is 48.5 Å². The number of sulfonamides is 1. The van der Waals surface area contributed by atoms with Gasteiger partial charge >= 0.3 is 5.97 Å². The van der Waals surface area contributed by atoms with Crippen LogP contribution in [0.5, 0.6) is 0 Å². The third-order valence-electron chi connectivity index (χ3n) is 4.30. The van der Waals surface area contributed by atoms with Gasteiger partial charge in [-0.15, -0.1) is 0 Å². The van der Waals surface area contributed by atoms with Crippen molar-refractivity contribution >= 4 is 21.7 Å². The van der Waals surface area contributed by atoms with Gasteiger partial charge in [-0.05, 0) is 48.2 Å². The zero-order chi connectivity index (χ0) is 20.1. The number of aryl methyl sites for hydroxylation is 2. The molecular weight excluding hydrogens is 381 g/mol. The minimum absolute atomic E-state index is 0.215. The molecule has 5 nitrogen and oxygen atoms in total. The molecule has 3 aromatic rings. The van der Waals surface area contributed by atoms with Crippen molar-refractivity contribution in [1.82, 2.24) is 0 Å². The second kappa shape index (κ2) is 8.22. The summed E-state index contributed by atoms with van der Waals surface area (Å²) in [6, 6.07) is 18.6. The predicted octanol–water partition coefficient (Wildman–Crippen LogP) is 4.11. The van der Waals surface area contributed by atoms with Crippen molar-refractivity contribution in [3.63, 3.8) is 0 Å². The molecule has 2 N–H and O–H groups in total. The number of aromatic carboxylic acids is 1. The highest BCUT2D eigenvalue weighted by molar-refractivity contribution is 7.92.